The molecule has 0 bridgehead atoms. The van der Waals surface area contributed by atoms with Crippen LogP contribution >= 0.6 is 0 Å². The number of ether oxygens (including phenoxy) is 2. The summed E-state index contributed by atoms with van der Waals surface area (Å²) in [5.41, 5.74) is 0. The van der Waals surface area contributed by atoms with Gasteiger partial charge < -0.3 is 19.3 Å². The average molecular weight is 325 g/mol. The van der Waals surface area contributed by atoms with Gasteiger partial charge in [0.25, 0.3) is 5.91 Å². The Labute approximate surface area is 137 Å². The first-order valence-corrected chi connectivity index (χ1v) is 8.65. The van der Waals surface area contributed by atoms with Gasteiger partial charge in [-0.25, -0.2) is 0 Å². The van der Waals surface area contributed by atoms with Gasteiger partial charge in [0, 0.05) is 45.9 Å². The first kappa shape index (κ1) is 16.7. The minimum atomic E-state index is -0.238. The molecular weight excluding hydrogens is 298 g/mol. The Balaban J connectivity index is 1.42. The molecule has 3 heterocycles. The van der Waals surface area contributed by atoms with Gasteiger partial charge in [0.1, 0.15) is 6.10 Å². The Morgan fingerprint density at radius 1 is 1.00 bits per heavy atom. The van der Waals surface area contributed by atoms with E-state index in [1.54, 1.807) is 0 Å². The number of amides is 2. The number of nitrogens with zero attached hydrogens (tertiary/aromatic N) is 3. The van der Waals surface area contributed by atoms with Gasteiger partial charge in [-0.3, -0.25) is 14.5 Å². The molecule has 0 aromatic carbocycles. The fourth-order valence-electron chi connectivity index (χ4n) is 3.44. The van der Waals surface area contributed by atoms with Crippen LogP contribution in [0.4, 0.5) is 0 Å². The van der Waals surface area contributed by atoms with Crippen LogP contribution in [0.2, 0.25) is 0 Å². The molecule has 130 valence electrons. The van der Waals surface area contributed by atoms with E-state index in [-0.39, 0.29) is 24.0 Å². The van der Waals surface area contributed by atoms with Gasteiger partial charge in [-0.1, -0.05) is 0 Å². The molecular formula is C16H27N3O4. The Morgan fingerprint density at radius 3 is 2.43 bits per heavy atom. The number of rotatable bonds is 3. The molecule has 2 atom stereocenters. The molecule has 0 N–H and O–H groups in total. The van der Waals surface area contributed by atoms with Crippen molar-refractivity contribution < 1.29 is 19.1 Å². The van der Waals surface area contributed by atoms with Crippen LogP contribution in [-0.4, -0.2) is 97.7 Å². The second kappa shape index (κ2) is 7.59. The number of piperazine rings is 1. The Hall–Kier alpha value is -1.18. The molecule has 2 unspecified atom stereocenters. The van der Waals surface area contributed by atoms with E-state index in [2.05, 4.69) is 4.90 Å². The fourth-order valence-corrected chi connectivity index (χ4v) is 3.44. The molecule has 3 aliphatic heterocycles. The highest BCUT2D eigenvalue weighted by Crippen LogP contribution is 2.16. The van der Waals surface area contributed by atoms with Gasteiger partial charge in [-0.05, 0) is 19.8 Å². The van der Waals surface area contributed by atoms with Crippen LogP contribution in [0.25, 0.3) is 0 Å². The van der Waals surface area contributed by atoms with Crippen molar-refractivity contribution >= 4 is 11.8 Å². The van der Waals surface area contributed by atoms with Crippen LogP contribution in [-0.2, 0) is 19.1 Å². The van der Waals surface area contributed by atoms with Crippen molar-refractivity contribution in [2.24, 2.45) is 0 Å². The van der Waals surface area contributed by atoms with Crippen molar-refractivity contribution in [3.63, 3.8) is 0 Å². The Kier molecular flexibility index (Phi) is 5.50. The molecule has 2 amide bonds. The topological polar surface area (TPSA) is 62.3 Å². The average Bonchev–Trinajstić information content (AvgIpc) is 3.09. The predicted molar refractivity (Wildman–Crippen MR) is 84.0 cm³/mol. The first-order chi connectivity index (χ1) is 11.1. The maximum absolute atomic E-state index is 12.4. The standard InChI is InChI=1S/C16H27N3O4/c1-13-11-19(8-10-22-13)15(20)12-17-4-6-18(7-5-17)16(21)14-3-2-9-23-14/h13-14H,2-12H2,1H3. The van der Waals surface area contributed by atoms with Gasteiger partial charge in [-0.2, -0.15) is 0 Å². The summed E-state index contributed by atoms with van der Waals surface area (Å²) in [5, 5.41) is 0. The lowest BCUT2D eigenvalue weighted by Crippen LogP contribution is -2.54. The third-order valence-electron chi connectivity index (χ3n) is 4.84. The molecule has 23 heavy (non-hydrogen) atoms. The van der Waals surface area contributed by atoms with Gasteiger partial charge in [-0.15, -0.1) is 0 Å². The van der Waals surface area contributed by atoms with E-state index in [0.29, 0.717) is 45.9 Å². The SMILES string of the molecule is CC1CN(C(=O)CN2CCN(C(=O)C3CCCO3)CC2)CCO1. The zero-order valence-electron chi connectivity index (χ0n) is 13.9. The summed E-state index contributed by atoms with van der Waals surface area (Å²) < 4.78 is 10.9. The summed E-state index contributed by atoms with van der Waals surface area (Å²) in [7, 11) is 0. The van der Waals surface area contributed by atoms with Gasteiger partial charge in [0.15, 0.2) is 0 Å². The largest absolute Gasteiger partial charge is 0.375 e. The number of hydrogen-bond acceptors (Lipinski definition) is 5. The Morgan fingerprint density at radius 2 is 1.78 bits per heavy atom. The number of carbonyl (C=O) groups excluding carboxylic acids is 2. The van der Waals surface area contributed by atoms with E-state index < -0.39 is 0 Å². The van der Waals surface area contributed by atoms with E-state index in [1.165, 1.54) is 0 Å². The van der Waals surface area contributed by atoms with Crippen molar-refractivity contribution in [2.45, 2.75) is 32.0 Å². The summed E-state index contributed by atoms with van der Waals surface area (Å²) in [5.74, 6) is 0.287. The minimum absolute atomic E-state index is 0.119. The second-order valence-corrected chi connectivity index (χ2v) is 6.62. The summed E-state index contributed by atoms with van der Waals surface area (Å²) in [6.45, 7) is 7.99. The van der Waals surface area contributed by atoms with Crippen molar-refractivity contribution in [1.29, 1.82) is 0 Å². The molecule has 0 aliphatic carbocycles. The van der Waals surface area contributed by atoms with E-state index in [1.807, 2.05) is 16.7 Å². The molecule has 3 saturated heterocycles. The lowest BCUT2D eigenvalue weighted by Gasteiger charge is -2.37. The number of hydrogen-bond donors (Lipinski definition) is 0. The predicted octanol–water partition coefficient (Wildman–Crippen LogP) is -0.443. The minimum Gasteiger partial charge on any atom is -0.375 e. The third-order valence-corrected chi connectivity index (χ3v) is 4.84. The van der Waals surface area contributed by atoms with Crippen LogP contribution < -0.4 is 0 Å². The van der Waals surface area contributed by atoms with Crippen LogP contribution in [0.5, 0.6) is 0 Å². The monoisotopic (exact) mass is 325 g/mol. The van der Waals surface area contributed by atoms with Crippen LogP contribution in [0.15, 0.2) is 0 Å². The quantitative estimate of drug-likeness (QED) is 0.704. The summed E-state index contributed by atoms with van der Waals surface area (Å²) in [6.07, 6.45) is 1.70. The third kappa shape index (κ3) is 4.22. The smallest absolute Gasteiger partial charge is 0.251 e. The van der Waals surface area contributed by atoms with Crippen LogP contribution in [0.1, 0.15) is 19.8 Å². The molecule has 0 aromatic heterocycles. The van der Waals surface area contributed by atoms with Crippen molar-refractivity contribution in [2.75, 3.05) is 59.0 Å². The van der Waals surface area contributed by atoms with Crippen LogP contribution in [0.3, 0.4) is 0 Å². The van der Waals surface area contributed by atoms with Crippen molar-refractivity contribution in [1.82, 2.24) is 14.7 Å². The lowest BCUT2D eigenvalue weighted by molar-refractivity contribution is -0.144. The molecule has 0 spiro atoms. The summed E-state index contributed by atoms with van der Waals surface area (Å²) in [6, 6.07) is 0. The van der Waals surface area contributed by atoms with Crippen molar-refractivity contribution in [3.05, 3.63) is 0 Å². The highest BCUT2D eigenvalue weighted by atomic mass is 16.5. The molecule has 3 aliphatic rings. The molecule has 0 aromatic rings. The molecule has 7 nitrogen and oxygen atoms in total. The Bertz CT molecular complexity index is 431. The second-order valence-electron chi connectivity index (χ2n) is 6.62. The zero-order chi connectivity index (χ0) is 16.2. The molecule has 0 saturated carbocycles. The molecule has 3 fully saturated rings. The molecule has 3 rings (SSSR count). The summed E-state index contributed by atoms with van der Waals surface area (Å²) >= 11 is 0. The highest BCUT2D eigenvalue weighted by Gasteiger charge is 2.31. The number of morpholine rings is 1. The fraction of sp³-hybridized carbons (Fsp3) is 0.875. The molecule has 7 heteroatoms. The summed E-state index contributed by atoms with van der Waals surface area (Å²) in [4.78, 5) is 30.6. The molecule has 0 radical (unpaired) electrons. The van der Waals surface area contributed by atoms with E-state index >= 15 is 0 Å². The van der Waals surface area contributed by atoms with E-state index in [4.69, 9.17) is 9.47 Å². The van der Waals surface area contributed by atoms with Gasteiger partial charge in [0.2, 0.25) is 5.91 Å². The van der Waals surface area contributed by atoms with E-state index in [0.717, 1.165) is 25.9 Å². The number of carbonyl (C=O) groups is 2. The lowest BCUT2D eigenvalue weighted by atomic mass is 10.2. The van der Waals surface area contributed by atoms with Gasteiger partial charge >= 0.3 is 0 Å². The van der Waals surface area contributed by atoms with Gasteiger partial charge in [0.05, 0.1) is 19.3 Å². The van der Waals surface area contributed by atoms with Crippen molar-refractivity contribution in [3.8, 4) is 0 Å². The first-order valence-electron chi connectivity index (χ1n) is 8.65. The zero-order valence-corrected chi connectivity index (χ0v) is 13.9. The normalized spacial score (nSPS) is 29.8. The van der Waals surface area contributed by atoms with Crippen LogP contribution in [0, 0.1) is 0 Å². The van der Waals surface area contributed by atoms with E-state index in [9.17, 15) is 9.59 Å². The maximum atomic E-state index is 12.4. The highest BCUT2D eigenvalue weighted by molar-refractivity contribution is 5.81. The maximum Gasteiger partial charge on any atom is 0.251 e.